The van der Waals surface area contributed by atoms with Crippen LogP contribution >= 0.6 is 0 Å². The van der Waals surface area contributed by atoms with E-state index >= 15 is 0 Å². The summed E-state index contributed by atoms with van der Waals surface area (Å²) < 4.78 is 0. The first kappa shape index (κ1) is 15.6. The van der Waals surface area contributed by atoms with Gasteiger partial charge in [-0.1, -0.05) is 37.3 Å². The molecule has 0 heterocycles. The molecule has 0 N–H and O–H groups in total. The van der Waals surface area contributed by atoms with Gasteiger partial charge in [0.1, 0.15) is 0 Å². The van der Waals surface area contributed by atoms with E-state index in [9.17, 15) is 4.79 Å². The number of benzene rings is 1. The molecule has 0 atom stereocenters. The standard InChI is InChI=1S/C19H25NO/c1-3-15-20(2)18-13-11-16(12-14-18)7-6-9-17-8-4-5-10-19(17)21/h6-7,9,11-14H,3-5,8,10,15H2,1-2H3. The van der Waals surface area contributed by atoms with E-state index in [-0.39, 0.29) is 0 Å². The Morgan fingerprint density at radius 2 is 1.86 bits per heavy atom. The van der Waals surface area contributed by atoms with Crippen molar-refractivity contribution in [1.29, 1.82) is 0 Å². The van der Waals surface area contributed by atoms with E-state index < -0.39 is 0 Å². The molecule has 0 radical (unpaired) electrons. The molecular weight excluding hydrogens is 258 g/mol. The van der Waals surface area contributed by atoms with Gasteiger partial charge in [-0.25, -0.2) is 0 Å². The number of rotatable bonds is 5. The molecule has 2 rings (SSSR count). The Hall–Kier alpha value is -1.83. The molecule has 0 bridgehead atoms. The van der Waals surface area contributed by atoms with Crippen molar-refractivity contribution in [3.63, 3.8) is 0 Å². The third kappa shape index (κ3) is 4.59. The zero-order chi connectivity index (χ0) is 15.1. The summed E-state index contributed by atoms with van der Waals surface area (Å²) in [5.74, 6) is 0.322. The van der Waals surface area contributed by atoms with Gasteiger partial charge >= 0.3 is 0 Å². The fourth-order valence-electron chi connectivity index (χ4n) is 2.66. The van der Waals surface area contributed by atoms with Crippen molar-refractivity contribution in [1.82, 2.24) is 0 Å². The van der Waals surface area contributed by atoms with E-state index in [1.54, 1.807) is 0 Å². The Kier molecular flexibility index (Phi) is 5.79. The van der Waals surface area contributed by atoms with Gasteiger partial charge in [-0.3, -0.25) is 4.79 Å². The first-order valence-corrected chi connectivity index (χ1v) is 7.92. The van der Waals surface area contributed by atoms with Crippen molar-refractivity contribution in [2.75, 3.05) is 18.5 Å². The predicted octanol–water partition coefficient (Wildman–Crippen LogP) is 4.62. The monoisotopic (exact) mass is 283 g/mol. The number of carbonyl (C=O) groups excluding carboxylic acids is 1. The molecule has 2 heteroatoms. The fourth-order valence-corrected chi connectivity index (χ4v) is 2.66. The number of nitrogens with zero attached hydrogens (tertiary/aromatic N) is 1. The highest BCUT2D eigenvalue weighted by atomic mass is 16.1. The molecule has 1 aromatic carbocycles. The third-order valence-electron chi connectivity index (χ3n) is 3.94. The summed E-state index contributed by atoms with van der Waals surface area (Å²) in [6.45, 7) is 3.26. The SMILES string of the molecule is CCCN(C)c1ccc(C=CC=C2CCCCC2=O)cc1. The summed E-state index contributed by atoms with van der Waals surface area (Å²) in [6, 6.07) is 8.54. The molecule has 0 aromatic heterocycles. The largest absolute Gasteiger partial charge is 0.375 e. The van der Waals surface area contributed by atoms with Gasteiger partial charge in [-0.2, -0.15) is 0 Å². The molecule has 1 saturated carbocycles. The molecule has 0 spiro atoms. The van der Waals surface area contributed by atoms with Gasteiger partial charge in [-0.15, -0.1) is 0 Å². The van der Waals surface area contributed by atoms with Crippen LogP contribution in [0.1, 0.15) is 44.6 Å². The number of carbonyl (C=O) groups is 1. The van der Waals surface area contributed by atoms with Crippen molar-refractivity contribution in [2.24, 2.45) is 0 Å². The molecule has 2 nitrogen and oxygen atoms in total. The molecule has 21 heavy (non-hydrogen) atoms. The van der Waals surface area contributed by atoms with Crippen LogP contribution in [0.15, 0.2) is 42.0 Å². The number of hydrogen-bond donors (Lipinski definition) is 0. The normalized spacial score (nSPS) is 17.6. The molecule has 1 aromatic rings. The maximum atomic E-state index is 11.7. The number of Topliss-reactive ketones (excluding diaryl/α,β-unsaturated/α-hetero) is 1. The van der Waals surface area contributed by atoms with Crippen LogP contribution in [-0.2, 0) is 4.79 Å². The minimum atomic E-state index is 0.322. The van der Waals surface area contributed by atoms with Crippen LogP contribution in [0, 0.1) is 0 Å². The Balaban J connectivity index is 1.98. The lowest BCUT2D eigenvalue weighted by Gasteiger charge is -2.18. The number of allylic oxidation sites excluding steroid dienone is 3. The van der Waals surface area contributed by atoms with E-state index in [4.69, 9.17) is 0 Å². The first-order chi connectivity index (χ1) is 10.2. The zero-order valence-electron chi connectivity index (χ0n) is 13.1. The summed E-state index contributed by atoms with van der Waals surface area (Å²) in [4.78, 5) is 14.0. The van der Waals surface area contributed by atoms with Crippen LogP contribution in [-0.4, -0.2) is 19.4 Å². The van der Waals surface area contributed by atoms with Crippen molar-refractivity contribution >= 4 is 17.5 Å². The van der Waals surface area contributed by atoms with E-state index in [0.29, 0.717) is 5.78 Å². The van der Waals surface area contributed by atoms with Crippen molar-refractivity contribution in [2.45, 2.75) is 39.0 Å². The van der Waals surface area contributed by atoms with Crippen LogP contribution < -0.4 is 4.90 Å². The quantitative estimate of drug-likeness (QED) is 0.735. The molecule has 1 aliphatic rings. The van der Waals surface area contributed by atoms with Gasteiger partial charge in [0.05, 0.1) is 0 Å². The molecule has 0 saturated heterocycles. The lowest BCUT2D eigenvalue weighted by Crippen LogP contribution is -2.17. The van der Waals surface area contributed by atoms with E-state index in [1.807, 2.05) is 12.2 Å². The van der Waals surface area contributed by atoms with Crippen molar-refractivity contribution in [3.8, 4) is 0 Å². The second kappa shape index (κ2) is 7.82. The van der Waals surface area contributed by atoms with Gasteiger partial charge in [-0.05, 0) is 49.0 Å². The van der Waals surface area contributed by atoms with Crippen LogP contribution in [0.4, 0.5) is 5.69 Å². The lowest BCUT2D eigenvalue weighted by atomic mass is 9.93. The Morgan fingerprint density at radius 3 is 2.52 bits per heavy atom. The maximum absolute atomic E-state index is 11.7. The molecule has 112 valence electrons. The number of anilines is 1. The summed E-state index contributed by atoms with van der Waals surface area (Å²) in [7, 11) is 2.12. The average molecular weight is 283 g/mol. The van der Waals surface area contributed by atoms with Gasteiger partial charge in [0.2, 0.25) is 0 Å². The van der Waals surface area contributed by atoms with E-state index in [1.165, 1.54) is 11.3 Å². The van der Waals surface area contributed by atoms with Gasteiger partial charge < -0.3 is 4.90 Å². The van der Waals surface area contributed by atoms with Crippen molar-refractivity contribution in [3.05, 3.63) is 47.6 Å². The van der Waals surface area contributed by atoms with E-state index in [0.717, 1.165) is 44.2 Å². The van der Waals surface area contributed by atoms with Crippen LogP contribution in [0.25, 0.3) is 6.08 Å². The zero-order valence-corrected chi connectivity index (χ0v) is 13.1. The second-order valence-corrected chi connectivity index (χ2v) is 5.69. The van der Waals surface area contributed by atoms with Crippen LogP contribution in [0.5, 0.6) is 0 Å². The molecule has 1 fully saturated rings. The molecule has 0 amide bonds. The fraction of sp³-hybridized carbons (Fsp3) is 0.421. The molecular formula is C19H25NO. The minimum Gasteiger partial charge on any atom is -0.375 e. The second-order valence-electron chi connectivity index (χ2n) is 5.69. The summed E-state index contributed by atoms with van der Waals surface area (Å²) in [6.07, 6.45) is 11.1. The Morgan fingerprint density at radius 1 is 1.14 bits per heavy atom. The highest BCUT2D eigenvalue weighted by Gasteiger charge is 2.13. The molecule has 1 aliphatic carbocycles. The molecule has 0 unspecified atom stereocenters. The minimum absolute atomic E-state index is 0.322. The predicted molar refractivity (Wildman–Crippen MR) is 90.6 cm³/mol. The number of hydrogen-bond acceptors (Lipinski definition) is 2. The van der Waals surface area contributed by atoms with Gasteiger partial charge in [0.15, 0.2) is 5.78 Å². The summed E-state index contributed by atoms with van der Waals surface area (Å²) in [5, 5.41) is 0. The average Bonchev–Trinajstić information content (AvgIpc) is 2.50. The smallest absolute Gasteiger partial charge is 0.158 e. The van der Waals surface area contributed by atoms with Crippen LogP contribution in [0.2, 0.25) is 0 Å². The Bertz CT molecular complexity index is 525. The van der Waals surface area contributed by atoms with Gasteiger partial charge in [0.25, 0.3) is 0 Å². The molecule has 0 aliphatic heterocycles. The lowest BCUT2D eigenvalue weighted by molar-refractivity contribution is -0.116. The highest BCUT2D eigenvalue weighted by molar-refractivity contribution is 5.96. The topological polar surface area (TPSA) is 20.3 Å². The van der Waals surface area contributed by atoms with Crippen LogP contribution in [0.3, 0.4) is 0 Å². The highest BCUT2D eigenvalue weighted by Crippen LogP contribution is 2.20. The van der Waals surface area contributed by atoms with E-state index in [2.05, 4.69) is 49.2 Å². The Labute approximate surface area is 128 Å². The maximum Gasteiger partial charge on any atom is 0.158 e. The van der Waals surface area contributed by atoms with Crippen molar-refractivity contribution < 1.29 is 4.79 Å². The number of ketones is 1. The first-order valence-electron chi connectivity index (χ1n) is 7.92. The third-order valence-corrected chi connectivity index (χ3v) is 3.94. The summed E-state index contributed by atoms with van der Waals surface area (Å²) >= 11 is 0. The summed E-state index contributed by atoms with van der Waals surface area (Å²) in [5.41, 5.74) is 3.40. The van der Waals surface area contributed by atoms with Gasteiger partial charge in [0, 0.05) is 25.7 Å².